The van der Waals surface area contributed by atoms with Gasteiger partial charge >= 0.3 is 5.97 Å². The van der Waals surface area contributed by atoms with Crippen LogP contribution >= 0.6 is 0 Å². The molecule has 1 fully saturated rings. The molecule has 0 radical (unpaired) electrons. The van der Waals surface area contributed by atoms with Crippen molar-refractivity contribution in [1.82, 2.24) is 15.9 Å². The molecule has 0 aliphatic carbocycles. The summed E-state index contributed by atoms with van der Waals surface area (Å²) in [7, 11) is 0. The first kappa shape index (κ1) is 27.1. The Kier molecular flexibility index (Phi) is 8.39. The van der Waals surface area contributed by atoms with Gasteiger partial charge in [-0.15, -0.1) is 0 Å². The van der Waals surface area contributed by atoms with Crippen LogP contribution in [0.15, 0.2) is 66.7 Å². The normalized spacial score (nSPS) is 13.3. The minimum absolute atomic E-state index is 0.174. The molecule has 0 unspecified atom stereocenters. The lowest BCUT2D eigenvalue weighted by Crippen LogP contribution is -2.40. The van der Waals surface area contributed by atoms with Crippen LogP contribution in [0.2, 0.25) is 0 Å². The smallest absolute Gasteiger partial charge is 0.306 e. The molecule has 1 heterocycles. The van der Waals surface area contributed by atoms with E-state index in [2.05, 4.69) is 0 Å². The minimum Gasteiger partial charge on any atom is -0.481 e. The summed E-state index contributed by atoms with van der Waals surface area (Å²) in [5, 5.41) is 42.4. The van der Waals surface area contributed by atoms with Gasteiger partial charge in [0.1, 0.15) is 34.7 Å². The molecule has 0 saturated carbocycles. The first-order valence-corrected chi connectivity index (χ1v) is 12.0. The van der Waals surface area contributed by atoms with Gasteiger partial charge in [-0.2, -0.15) is 0 Å². The number of carboxylic acid groups (broad SMARTS) is 1. The molecular weight excluding hydrogens is 506 g/mol. The van der Waals surface area contributed by atoms with E-state index in [9.17, 15) is 14.7 Å². The summed E-state index contributed by atoms with van der Waals surface area (Å²) in [6.07, 6.45) is 0.740. The van der Waals surface area contributed by atoms with Gasteiger partial charge in [0.2, 0.25) is 0 Å². The van der Waals surface area contributed by atoms with Crippen LogP contribution in [0, 0.1) is 16.7 Å². The van der Waals surface area contributed by atoms with Crippen molar-refractivity contribution in [2.75, 3.05) is 13.1 Å². The standard InChI is InChI=1S/C27H27N5O7/c28-24(30-36)16-1-5-20(6-2-16)38-22-13-19(26(33)32-11-9-18(10-12-32)27(34)35)14-23(15-22)39-21-7-3-17(4-8-21)25(29)31-37/h1-8,13-15,18,36-37H,9-12H2,(H2,28,30)(H2,29,31)(H,34,35). The Bertz CT molecular complexity index is 1290. The summed E-state index contributed by atoms with van der Waals surface area (Å²) in [5.41, 5.74) is 4.73. The van der Waals surface area contributed by atoms with Gasteiger partial charge in [0, 0.05) is 35.8 Å². The van der Waals surface area contributed by atoms with Gasteiger partial charge < -0.3 is 19.5 Å². The molecule has 0 atom stereocenters. The van der Waals surface area contributed by atoms with Crippen molar-refractivity contribution in [3.63, 3.8) is 0 Å². The second kappa shape index (κ2) is 12.1. The molecule has 202 valence electrons. The topological polar surface area (TPSA) is 188 Å². The van der Waals surface area contributed by atoms with Gasteiger partial charge in [0.15, 0.2) is 0 Å². The van der Waals surface area contributed by atoms with Gasteiger partial charge in [0.25, 0.3) is 5.91 Å². The van der Waals surface area contributed by atoms with E-state index in [1.807, 2.05) is 0 Å². The lowest BCUT2D eigenvalue weighted by molar-refractivity contribution is -0.143. The summed E-state index contributed by atoms with van der Waals surface area (Å²) in [6.45, 7) is 0.630. The van der Waals surface area contributed by atoms with E-state index in [1.54, 1.807) is 82.6 Å². The van der Waals surface area contributed by atoms with Crippen molar-refractivity contribution in [3.05, 3.63) is 83.4 Å². The monoisotopic (exact) mass is 533 g/mol. The average Bonchev–Trinajstić information content (AvgIpc) is 2.96. The fourth-order valence-electron chi connectivity index (χ4n) is 4.11. The molecule has 3 aromatic rings. The number of aliphatic carboxylic acids is 1. The Morgan fingerprint density at radius 3 is 1.54 bits per heavy atom. The zero-order valence-corrected chi connectivity index (χ0v) is 20.7. The van der Waals surface area contributed by atoms with Gasteiger partial charge in [-0.1, -0.05) is 0 Å². The van der Waals surface area contributed by atoms with Crippen molar-refractivity contribution in [3.8, 4) is 23.0 Å². The number of amides is 1. The van der Waals surface area contributed by atoms with Crippen molar-refractivity contribution < 1.29 is 34.6 Å². The Labute approximate surface area is 223 Å². The van der Waals surface area contributed by atoms with E-state index in [-0.39, 0.29) is 17.6 Å². The fraction of sp³-hybridized carbons (Fsp3) is 0.185. The zero-order valence-electron chi connectivity index (χ0n) is 20.7. The van der Waals surface area contributed by atoms with Crippen LogP contribution in [-0.4, -0.2) is 57.1 Å². The Balaban J connectivity index is 1.60. The third-order valence-electron chi connectivity index (χ3n) is 6.24. The van der Waals surface area contributed by atoms with Crippen molar-refractivity contribution in [2.45, 2.75) is 12.8 Å². The molecule has 1 aliphatic rings. The molecule has 1 aliphatic heterocycles. The maximum Gasteiger partial charge on any atom is 0.306 e. The molecule has 1 saturated heterocycles. The molecule has 3 aromatic carbocycles. The molecule has 1 amide bonds. The van der Waals surface area contributed by atoms with Gasteiger partial charge in [-0.25, -0.2) is 0 Å². The summed E-state index contributed by atoms with van der Waals surface area (Å²) in [4.78, 5) is 26.3. The van der Waals surface area contributed by atoms with Crippen molar-refractivity contribution in [2.24, 2.45) is 5.92 Å². The van der Waals surface area contributed by atoms with E-state index in [4.69, 9.17) is 30.7 Å². The van der Waals surface area contributed by atoms with Crippen LogP contribution in [0.3, 0.4) is 0 Å². The predicted octanol–water partition coefficient (Wildman–Crippen LogP) is 3.82. The zero-order chi connectivity index (χ0) is 27.9. The highest BCUT2D eigenvalue weighted by Gasteiger charge is 2.28. The number of nitrogens with one attached hydrogen (secondary N) is 4. The molecule has 7 N–H and O–H groups in total. The summed E-state index contributed by atoms with van der Waals surface area (Å²) < 4.78 is 11.9. The van der Waals surface area contributed by atoms with Crippen LogP contribution < -0.4 is 20.4 Å². The highest BCUT2D eigenvalue weighted by molar-refractivity contribution is 5.96. The molecule has 0 aromatic heterocycles. The second-order valence-electron chi connectivity index (χ2n) is 8.82. The lowest BCUT2D eigenvalue weighted by Gasteiger charge is -2.30. The molecule has 12 nitrogen and oxygen atoms in total. The van der Waals surface area contributed by atoms with E-state index in [0.717, 1.165) is 0 Å². The maximum atomic E-state index is 13.3. The lowest BCUT2D eigenvalue weighted by atomic mass is 9.96. The van der Waals surface area contributed by atoms with Crippen molar-refractivity contribution in [1.29, 1.82) is 10.8 Å². The van der Waals surface area contributed by atoms with Crippen LogP contribution in [-0.2, 0) is 4.79 Å². The SMILES string of the molecule is N=C(NO)c1ccc(Oc2cc(Oc3ccc(C(=N)NO)cc3)cc(C(=O)N3CCC(C(=O)O)CC3)c2)cc1. The summed E-state index contributed by atoms with van der Waals surface area (Å²) in [5.74, 6) is -0.517. The number of carboxylic acids is 1. The molecule has 12 heteroatoms. The van der Waals surface area contributed by atoms with E-state index < -0.39 is 11.9 Å². The number of carbonyl (C=O) groups excluding carboxylic acids is 1. The number of hydroxylamine groups is 2. The minimum atomic E-state index is -0.861. The number of hydrogen-bond donors (Lipinski definition) is 7. The Hall–Kier alpha value is -4.94. The number of amidine groups is 2. The van der Waals surface area contributed by atoms with Crippen LogP contribution in [0.5, 0.6) is 23.0 Å². The maximum absolute atomic E-state index is 13.3. The number of hydrogen-bond acceptors (Lipinski definition) is 8. The predicted molar refractivity (Wildman–Crippen MR) is 139 cm³/mol. The number of benzene rings is 3. The quantitative estimate of drug-likeness (QED) is 0.128. The Morgan fingerprint density at radius 2 is 1.15 bits per heavy atom. The Morgan fingerprint density at radius 1 is 0.718 bits per heavy atom. The highest BCUT2D eigenvalue weighted by atomic mass is 16.5. The average molecular weight is 534 g/mol. The second-order valence-corrected chi connectivity index (χ2v) is 8.82. The third kappa shape index (κ3) is 6.69. The highest BCUT2D eigenvalue weighted by Crippen LogP contribution is 2.32. The molecule has 0 bridgehead atoms. The first-order valence-electron chi connectivity index (χ1n) is 12.0. The number of rotatable bonds is 8. The molecule has 0 spiro atoms. The number of carbonyl (C=O) groups is 2. The molecule has 4 rings (SSSR count). The van der Waals surface area contributed by atoms with Gasteiger partial charge in [-0.3, -0.25) is 41.8 Å². The van der Waals surface area contributed by atoms with Crippen LogP contribution in [0.4, 0.5) is 0 Å². The van der Waals surface area contributed by atoms with Crippen molar-refractivity contribution >= 4 is 23.5 Å². The van der Waals surface area contributed by atoms with Crippen LogP contribution in [0.1, 0.15) is 34.3 Å². The van der Waals surface area contributed by atoms with Gasteiger partial charge in [0.05, 0.1) is 5.92 Å². The summed E-state index contributed by atoms with van der Waals surface area (Å²) >= 11 is 0. The summed E-state index contributed by atoms with van der Waals surface area (Å²) in [6, 6.07) is 17.5. The van der Waals surface area contributed by atoms with E-state index >= 15 is 0 Å². The molecule has 39 heavy (non-hydrogen) atoms. The fourth-order valence-corrected chi connectivity index (χ4v) is 4.11. The molecular formula is C27H27N5O7. The number of piperidine rings is 1. The number of ether oxygens (including phenoxy) is 2. The van der Waals surface area contributed by atoms with E-state index in [0.29, 0.717) is 65.6 Å². The first-order chi connectivity index (χ1) is 18.8. The van der Waals surface area contributed by atoms with Gasteiger partial charge in [-0.05, 0) is 73.5 Å². The third-order valence-corrected chi connectivity index (χ3v) is 6.24. The van der Waals surface area contributed by atoms with Crippen LogP contribution in [0.25, 0.3) is 0 Å². The number of nitrogens with zero attached hydrogens (tertiary/aromatic N) is 1. The number of likely N-dealkylation sites (tertiary alicyclic amines) is 1. The van der Waals surface area contributed by atoms with E-state index in [1.165, 1.54) is 0 Å². The largest absolute Gasteiger partial charge is 0.481 e.